The smallest absolute Gasteiger partial charge is 0.318 e. The molecule has 1 saturated carbocycles. The van der Waals surface area contributed by atoms with Crippen LogP contribution in [0.2, 0.25) is 0 Å². The predicted molar refractivity (Wildman–Crippen MR) is 173 cm³/mol. The van der Waals surface area contributed by atoms with E-state index in [-0.39, 0.29) is 5.75 Å². The molecule has 0 spiro atoms. The van der Waals surface area contributed by atoms with Crippen LogP contribution in [0.5, 0.6) is 11.8 Å². The van der Waals surface area contributed by atoms with Gasteiger partial charge in [0.1, 0.15) is 17.9 Å². The fraction of sp³-hybridized carbons (Fsp3) is 0.514. The minimum atomic E-state index is 0.275. The minimum Gasteiger partial charge on any atom is -0.508 e. The number of hydrogen-bond acceptors (Lipinski definition) is 9. The Labute approximate surface area is 260 Å². The van der Waals surface area contributed by atoms with Crippen LogP contribution < -0.4 is 14.5 Å². The fourth-order valence-electron chi connectivity index (χ4n) is 7.67. The second-order valence-electron chi connectivity index (χ2n) is 12.9. The lowest BCUT2D eigenvalue weighted by Gasteiger charge is -2.38. The number of benzene rings is 2. The molecule has 1 N–H and O–H groups in total. The summed E-state index contributed by atoms with van der Waals surface area (Å²) in [5.41, 5.74) is 3.22. The van der Waals surface area contributed by atoms with Crippen LogP contribution in [-0.4, -0.2) is 89.6 Å². The third-order valence-corrected chi connectivity index (χ3v) is 10.0. The standard InChI is InChI=1S/C35H44N6O3/c42-20-6-13-38-16-18-39(19-17-38)34-31-12-15-41(33-22-29(43)21-27-7-4-5-10-30(27)33)24-32(31)36-35(37-34)44-25-26-11-14-40(23-26)28-8-2-1-3-9-28/h4-7,10,13,20-22,26,28,43H,1-3,8-9,11-12,14-19,23-25H2. The summed E-state index contributed by atoms with van der Waals surface area (Å²) >= 11 is 0. The van der Waals surface area contributed by atoms with E-state index in [1.54, 1.807) is 6.08 Å². The highest BCUT2D eigenvalue weighted by Gasteiger charge is 2.31. The summed E-state index contributed by atoms with van der Waals surface area (Å²) in [6.07, 6.45) is 13.1. The lowest BCUT2D eigenvalue weighted by Crippen LogP contribution is -2.45. The number of hydrogen-bond donors (Lipinski definition) is 1. The molecule has 7 rings (SSSR count). The third kappa shape index (κ3) is 6.20. The van der Waals surface area contributed by atoms with Crippen molar-refractivity contribution in [1.82, 2.24) is 19.8 Å². The number of aromatic nitrogens is 2. The Morgan fingerprint density at radius 3 is 2.61 bits per heavy atom. The summed E-state index contributed by atoms with van der Waals surface area (Å²) in [6.45, 7) is 7.69. The van der Waals surface area contributed by atoms with Gasteiger partial charge in [-0.05, 0) is 49.8 Å². The first-order valence-corrected chi connectivity index (χ1v) is 16.5. The second-order valence-corrected chi connectivity index (χ2v) is 12.9. The van der Waals surface area contributed by atoms with Gasteiger partial charge in [-0.15, -0.1) is 0 Å². The van der Waals surface area contributed by atoms with Crippen LogP contribution in [0.3, 0.4) is 0 Å². The van der Waals surface area contributed by atoms with Gasteiger partial charge in [-0.1, -0.05) is 43.5 Å². The molecule has 9 heteroatoms. The lowest BCUT2D eigenvalue weighted by atomic mass is 9.94. The molecule has 1 atom stereocenters. The Kier molecular flexibility index (Phi) is 8.55. The number of likely N-dealkylation sites (tertiary alicyclic amines) is 1. The van der Waals surface area contributed by atoms with Crippen molar-refractivity contribution in [1.29, 1.82) is 0 Å². The van der Waals surface area contributed by atoms with Crippen LogP contribution in [0, 0.1) is 5.92 Å². The molecule has 3 fully saturated rings. The first-order valence-electron chi connectivity index (χ1n) is 16.5. The monoisotopic (exact) mass is 596 g/mol. The molecule has 2 saturated heterocycles. The van der Waals surface area contributed by atoms with Gasteiger partial charge in [-0.2, -0.15) is 9.97 Å². The summed E-state index contributed by atoms with van der Waals surface area (Å²) in [7, 11) is 0. The van der Waals surface area contributed by atoms with Crippen molar-refractivity contribution in [3.63, 3.8) is 0 Å². The molecule has 1 unspecified atom stereocenters. The van der Waals surface area contributed by atoms with Gasteiger partial charge in [0, 0.05) is 80.1 Å². The maximum Gasteiger partial charge on any atom is 0.318 e. The third-order valence-electron chi connectivity index (χ3n) is 10.0. The van der Waals surface area contributed by atoms with Crippen LogP contribution in [0.25, 0.3) is 10.8 Å². The minimum absolute atomic E-state index is 0.275. The van der Waals surface area contributed by atoms with Gasteiger partial charge in [-0.25, -0.2) is 0 Å². The van der Waals surface area contributed by atoms with E-state index in [9.17, 15) is 9.90 Å². The van der Waals surface area contributed by atoms with Crippen LogP contribution >= 0.6 is 0 Å². The van der Waals surface area contributed by atoms with Crippen LogP contribution in [0.15, 0.2) is 48.7 Å². The van der Waals surface area contributed by atoms with Crippen molar-refractivity contribution in [2.75, 3.05) is 62.2 Å². The molecule has 3 aromatic rings. The Bertz CT molecular complexity index is 1500. The molecule has 9 nitrogen and oxygen atoms in total. The largest absolute Gasteiger partial charge is 0.508 e. The summed E-state index contributed by atoms with van der Waals surface area (Å²) in [5, 5.41) is 12.7. The molecular formula is C35H44N6O3. The topological polar surface area (TPSA) is 85.3 Å². The summed E-state index contributed by atoms with van der Waals surface area (Å²) in [6, 6.07) is 13.1. The zero-order valence-electron chi connectivity index (χ0n) is 25.6. The predicted octanol–water partition coefficient (Wildman–Crippen LogP) is 4.77. The molecule has 44 heavy (non-hydrogen) atoms. The molecule has 3 aliphatic heterocycles. The number of aromatic hydroxyl groups is 1. The van der Waals surface area contributed by atoms with Crippen molar-refractivity contribution < 1.29 is 14.6 Å². The van der Waals surface area contributed by atoms with E-state index in [1.807, 2.05) is 30.5 Å². The van der Waals surface area contributed by atoms with Crippen LogP contribution in [0.1, 0.15) is 49.8 Å². The number of fused-ring (bicyclic) bond motifs is 2. The Hall–Kier alpha value is -3.85. The number of ether oxygens (including phenoxy) is 1. The Morgan fingerprint density at radius 2 is 1.77 bits per heavy atom. The van der Waals surface area contributed by atoms with E-state index in [4.69, 9.17) is 14.7 Å². The van der Waals surface area contributed by atoms with Gasteiger partial charge in [0.2, 0.25) is 0 Å². The van der Waals surface area contributed by atoms with Crippen molar-refractivity contribution in [2.45, 2.75) is 57.5 Å². The molecule has 2 aromatic carbocycles. The molecule has 0 amide bonds. The Balaban J connectivity index is 1.12. The number of carbonyl (C=O) groups excluding carboxylic acids is 1. The average molecular weight is 597 g/mol. The normalized spacial score (nSPS) is 21.7. The number of carbonyl (C=O) groups is 1. The maximum absolute atomic E-state index is 10.8. The first kappa shape index (κ1) is 28.9. The summed E-state index contributed by atoms with van der Waals surface area (Å²) in [5.74, 6) is 1.76. The molecule has 4 heterocycles. The number of phenolic OH excluding ortho intramolecular Hbond substituents is 1. The average Bonchev–Trinajstić information content (AvgIpc) is 3.55. The zero-order valence-corrected chi connectivity index (χ0v) is 25.6. The highest BCUT2D eigenvalue weighted by molar-refractivity contribution is 5.95. The number of nitrogens with zero attached hydrogens (tertiary/aromatic N) is 6. The van der Waals surface area contributed by atoms with Crippen molar-refractivity contribution in [2.24, 2.45) is 5.92 Å². The van der Waals surface area contributed by atoms with Gasteiger partial charge in [0.25, 0.3) is 0 Å². The lowest BCUT2D eigenvalue weighted by molar-refractivity contribution is -0.104. The molecular weight excluding hydrogens is 552 g/mol. The van der Waals surface area contributed by atoms with Crippen LogP contribution in [-0.2, 0) is 17.8 Å². The second kappa shape index (κ2) is 13.0. The molecule has 0 bridgehead atoms. The zero-order chi connectivity index (χ0) is 29.9. The van der Waals surface area contributed by atoms with Crippen molar-refractivity contribution in [3.8, 4) is 11.8 Å². The van der Waals surface area contributed by atoms with Crippen LogP contribution in [0.4, 0.5) is 11.5 Å². The van der Waals surface area contributed by atoms with Gasteiger partial charge in [-0.3, -0.25) is 9.69 Å². The highest BCUT2D eigenvalue weighted by Crippen LogP contribution is 2.37. The fourth-order valence-corrected chi connectivity index (χ4v) is 7.67. The molecule has 0 radical (unpaired) electrons. The number of rotatable bonds is 8. The van der Waals surface area contributed by atoms with E-state index >= 15 is 0 Å². The van der Waals surface area contributed by atoms with E-state index in [2.05, 4.69) is 31.7 Å². The number of aldehydes is 1. The van der Waals surface area contributed by atoms with E-state index in [0.29, 0.717) is 25.1 Å². The first-order chi connectivity index (χ1) is 21.6. The highest BCUT2D eigenvalue weighted by atomic mass is 16.5. The van der Waals surface area contributed by atoms with Crippen molar-refractivity contribution >= 4 is 28.6 Å². The van der Waals surface area contributed by atoms with Gasteiger partial charge in [0.15, 0.2) is 0 Å². The summed E-state index contributed by atoms with van der Waals surface area (Å²) < 4.78 is 6.43. The van der Waals surface area contributed by atoms with Crippen molar-refractivity contribution in [3.05, 3.63) is 59.9 Å². The quantitative estimate of drug-likeness (QED) is 0.292. The molecule has 4 aliphatic rings. The van der Waals surface area contributed by atoms with Gasteiger partial charge >= 0.3 is 6.01 Å². The molecule has 1 aliphatic carbocycles. The summed E-state index contributed by atoms with van der Waals surface area (Å²) in [4.78, 5) is 30.5. The van der Waals surface area contributed by atoms with E-state index in [0.717, 1.165) is 86.0 Å². The van der Waals surface area contributed by atoms with Gasteiger partial charge in [0.05, 0.1) is 18.8 Å². The molecule has 1 aromatic heterocycles. The van der Waals surface area contributed by atoms with E-state index in [1.165, 1.54) is 50.6 Å². The number of piperazine rings is 1. The van der Waals surface area contributed by atoms with Gasteiger partial charge < -0.3 is 24.5 Å². The number of anilines is 2. The SMILES string of the molecule is O=CC=CN1CCN(c2nc(OCC3CCN(C4CCCCC4)C3)nc3c2CCN(c2cc(O)cc4ccccc24)C3)CC1. The number of phenols is 1. The number of allylic oxidation sites excluding steroid dienone is 1. The maximum atomic E-state index is 10.8. The molecule has 232 valence electrons. The Morgan fingerprint density at radius 1 is 0.932 bits per heavy atom. The van der Waals surface area contributed by atoms with E-state index < -0.39 is 0 Å².